The summed E-state index contributed by atoms with van der Waals surface area (Å²) in [5.74, 6) is 0. The molecule has 182 valence electrons. The Balaban J connectivity index is 1.34. The van der Waals surface area contributed by atoms with Crippen molar-refractivity contribution in [3.63, 3.8) is 0 Å². The van der Waals surface area contributed by atoms with E-state index in [-0.39, 0.29) is 0 Å². The average molecular weight is 541 g/mol. The zero-order valence-electron chi connectivity index (χ0n) is 19.7. The highest BCUT2D eigenvalue weighted by molar-refractivity contribution is 7.26. The first-order valence-electron chi connectivity index (χ1n) is 11.9. The van der Waals surface area contributed by atoms with Gasteiger partial charge in [0, 0.05) is 75.4 Å². The number of aromatic nitrogens is 8. The molecular formula is C28H12N8OS2. The lowest BCUT2D eigenvalue weighted by Gasteiger charge is -2.05. The Kier molecular flexibility index (Phi) is 4.18. The minimum atomic E-state index is 0.550. The Morgan fingerprint density at radius 2 is 1.54 bits per heavy atom. The Labute approximate surface area is 225 Å². The van der Waals surface area contributed by atoms with E-state index >= 15 is 0 Å². The van der Waals surface area contributed by atoms with Crippen LogP contribution < -0.4 is 0 Å². The van der Waals surface area contributed by atoms with Crippen molar-refractivity contribution in [1.29, 1.82) is 0 Å². The van der Waals surface area contributed by atoms with Crippen LogP contribution >= 0.6 is 22.7 Å². The Bertz CT molecular complexity index is 2430. The van der Waals surface area contributed by atoms with Gasteiger partial charge < -0.3 is 4.42 Å². The van der Waals surface area contributed by atoms with Crippen molar-refractivity contribution >= 4 is 85.5 Å². The maximum atomic E-state index is 6.20. The van der Waals surface area contributed by atoms with Crippen LogP contribution in [0.2, 0.25) is 0 Å². The molecular weight excluding hydrogens is 528 g/mol. The molecule has 0 radical (unpaired) electrons. The first-order valence-corrected chi connectivity index (χ1v) is 13.6. The molecule has 9 rings (SSSR count). The average Bonchev–Trinajstić information content (AvgIpc) is 3.67. The van der Waals surface area contributed by atoms with E-state index in [1.165, 1.54) is 0 Å². The van der Waals surface area contributed by atoms with Gasteiger partial charge in [-0.2, -0.15) is 0 Å². The molecule has 9 heterocycles. The van der Waals surface area contributed by atoms with Gasteiger partial charge >= 0.3 is 0 Å². The first-order chi connectivity index (χ1) is 19.3. The molecule has 0 aliphatic heterocycles. The Morgan fingerprint density at radius 3 is 2.54 bits per heavy atom. The third-order valence-corrected chi connectivity index (χ3v) is 9.09. The van der Waals surface area contributed by atoms with E-state index in [0.717, 1.165) is 73.9 Å². The molecule has 0 aromatic carbocycles. The van der Waals surface area contributed by atoms with Gasteiger partial charge in [0.1, 0.15) is 27.9 Å². The lowest BCUT2D eigenvalue weighted by molar-refractivity contribution is 0.654. The van der Waals surface area contributed by atoms with Crippen LogP contribution in [0.1, 0.15) is 0 Å². The number of furan rings is 1. The fourth-order valence-corrected chi connectivity index (χ4v) is 7.34. The number of pyridine rings is 4. The number of thiophene rings is 2. The van der Waals surface area contributed by atoms with E-state index in [4.69, 9.17) is 14.4 Å². The lowest BCUT2D eigenvalue weighted by Crippen LogP contribution is -1.87. The van der Waals surface area contributed by atoms with E-state index in [1.54, 1.807) is 41.5 Å². The zero-order valence-corrected chi connectivity index (χ0v) is 21.4. The summed E-state index contributed by atoms with van der Waals surface area (Å²) in [6.45, 7) is 0. The molecule has 9 aromatic rings. The maximum absolute atomic E-state index is 6.20. The van der Waals surface area contributed by atoms with Gasteiger partial charge in [0.2, 0.25) is 5.71 Å². The third-order valence-electron chi connectivity index (χ3n) is 6.90. The maximum Gasteiger partial charge on any atom is 0.227 e. The van der Waals surface area contributed by atoms with Gasteiger partial charge in [-0.1, -0.05) is 11.3 Å². The highest BCUT2D eigenvalue weighted by Gasteiger charge is 2.20. The number of fused-ring (bicyclic) bond motifs is 9. The summed E-state index contributed by atoms with van der Waals surface area (Å²) in [7, 11) is 0. The van der Waals surface area contributed by atoms with Crippen LogP contribution in [0, 0.1) is 0 Å². The second-order valence-electron chi connectivity index (χ2n) is 9.00. The quantitative estimate of drug-likeness (QED) is 0.233. The Morgan fingerprint density at radius 1 is 0.641 bits per heavy atom. The summed E-state index contributed by atoms with van der Waals surface area (Å²) < 4.78 is 8.26. The van der Waals surface area contributed by atoms with Gasteiger partial charge in [-0.25, -0.2) is 29.9 Å². The van der Waals surface area contributed by atoms with Gasteiger partial charge in [0.15, 0.2) is 0 Å². The number of nitrogens with zero attached hydrogens (tertiary/aromatic N) is 8. The predicted octanol–water partition coefficient (Wildman–Crippen LogP) is 6.82. The molecule has 11 heteroatoms. The fraction of sp³-hybridized carbons (Fsp3) is 0. The van der Waals surface area contributed by atoms with Crippen LogP contribution in [-0.4, -0.2) is 39.9 Å². The van der Waals surface area contributed by atoms with Crippen molar-refractivity contribution in [2.45, 2.75) is 0 Å². The van der Waals surface area contributed by atoms with Crippen LogP contribution in [0.15, 0.2) is 78.6 Å². The molecule has 0 fully saturated rings. The van der Waals surface area contributed by atoms with Gasteiger partial charge in [0.05, 0.1) is 26.7 Å². The van der Waals surface area contributed by atoms with Crippen molar-refractivity contribution in [2.24, 2.45) is 0 Å². The molecule has 39 heavy (non-hydrogen) atoms. The van der Waals surface area contributed by atoms with E-state index < -0.39 is 0 Å². The van der Waals surface area contributed by atoms with Crippen molar-refractivity contribution in [3.05, 3.63) is 74.2 Å². The van der Waals surface area contributed by atoms with Gasteiger partial charge in [-0.15, -0.1) is 11.3 Å². The summed E-state index contributed by atoms with van der Waals surface area (Å²) in [5, 5.41) is 4.75. The van der Waals surface area contributed by atoms with E-state index in [2.05, 4.69) is 36.0 Å². The minimum Gasteiger partial charge on any atom is -0.438 e. The zero-order chi connectivity index (χ0) is 25.5. The first kappa shape index (κ1) is 21.0. The molecule has 9 aromatic heterocycles. The van der Waals surface area contributed by atoms with Gasteiger partial charge in [-0.3, -0.25) is 9.97 Å². The Hall–Kier alpha value is -5.00. The summed E-state index contributed by atoms with van der Waals surface area (Å²) in [5.41, 5.74) is 5.83. The topological polar surface area (TPSA) is 116 Å². The highest BCUT2D eigenvalue weighted by atomic mass is 32.1. The summed E-state index contributed by atoms with van der Waals surface area (Å²) in [6.07, 6.45) is 15.9. The molecule has 0 aliphatic rings. The fourth-order valence-electron chi connectivity index (χ4n) is 5.24. The standard InChI is InChI=1S/C28H12N8OS2/c1-3-33-28-21(16-7-30-12-36-27(16)39-28)14(1)13-5-15-22-19(37-26(15)34-6-13)2-4-32-24(22)18-9-29-8-17-23-20(38-25(17)18)10-31-11-35-23/h1-12H. The molecule has 0 atom stereocenters. The summed E-state index contributed by atoms with van der Waals surface area (Å²) >= 11 is 3.19. The summed E-state index contributed by atoms with van der Waals surface area (Å²) in [4.78, 5) is 37.9. The minimum absolute atomic E-state index is 0.550. The van der Waals surface area contributed by atoms with Gasteiger partial charge in [-0.05, 0) is 23.8 Å². The van der Waals surface area contributed by atoms with Crippen molar-refractivity contribution in [3.8, 4) is 22.4 Å². The van der Waals surface area contributed by atoms with Crippen LogP contribution in [0.25, 0.3) is 85.2 Å². The predicted molar refractivity (Wildman–Crippen MR) is 153 cm³/mol. The molecule has 0 saturated carbocycles. The summed E-state index contributed by atoms with van der Waals surface area (Å²) in [6, 6.07) is 6.00. The van der Waals surface area contributed by atoms with Crippen molar-refractivity contribution in [2.75, 3.05) is 0 Å². The van der Waals surface area contributed by atoms with Crippen LogP contribution in [0.4, 0.5) is 0 Å². The SMILES string of the molecule is c1cc2oc3ncc(-c4ccnc5sc6ncncc6c45)cc3c2c(-c2cncc3c2sc2cncnc23)n1. The second-order valence-corrected chi connectivity index (χ2v) is 11.0. The monoisotopic (exact) mass is 540 g/mol. The molecule has 0 saturated heterocycles. The molecule has 0 spiro atoms. The largest absolute Gasteiger partial charge is 0.438 e. The van der Waals surface area contributed by atoms with Crippen LogP contribution in [0.3, 0.4) is 0 Å². The normalized spacial score (nSPS) is 12.1. The van der Waals surface area contributed by atoms with E-state index in [0.29, 0.717) is 11.3 Å². The molecule has 9 nitrogen and oxygen atoms in total. The number of rotatable bonds is 2. The van der Waals surface area contributed by atoms with Crippen molar-refractivity contribution < 1.29 is 4.42 Å². The van der Waals surface area contributed by atoms with Crippen LogP contribution in [-0.2, 0) is 0 Å². The number of hydrogen-bond donors (Lipinski definition) is 0. The van der Waals surface area contributed by atoms with E-state index in [9.17, 15) is 0 Å². The van der Waals surface area contributed by atoms with Crippen molar-refractivity contribution in [1.82, 2.24) is 39.9 Å². The number of hydrogen-bond acceptors (Lipinski definition) is 11. The van der Waals surface area contributed by atoms with E-state index in [1.807, 2.05) is 49.3 Å². The molecule has 0 aliphatic carbocycles. The molecule has 0 unspecified atom stereocenters. The van der Waals surface area contributed by atoms with Crippen LogP contribution in [0.5, 0.6) is 0 Å². The molecule has 0 N–H and O–H groups in total. The molecule has 0 bridgehead atoms. The third kappa shape index (κ3) is 2.93. The smallest absolute Gasteiger partial charge is 0.227 e. The highest BCUT2D eigenvalue weighted by Crippen LogP contribution is 2.43. The van der Waals surface area contributed by atoms with Gasteiger partial charge in [0.25, 0.3) is 0 Å². The molecule has 0 amide bonds. The second kappa shape index (κ2) is 7.76. The lowest BCUT2D eigenvalue weighted by atomic mass is 10.0.